The molecule has 1 aliphatic rings. The van der Waals surface area contributed by atoms with Crippen LogP contribution in [0, 0.1) is 0 Å². The molecular formula is C13H18N4O. The van der Waals surface area contributed by atoms with E-state index in [1.165, 1.54) is 19.4 Å². The summed E-state index contributed by atoms with van der Waals surface area (Å²) in [6.45, 7) is 1.19. The van der Waals surface area contributed by atoms with Gasteiger partial charge >= 0.3 is 0 Å². The van der Waals surface area contributed by atoms with Gasteiger partial charge in [0.05, 0.1) is 13.3 Å². The van der Waals surface area contributed by atoms with Crippen LogP contribution in [0.5, 0.6) is 5.75 Å². The van der Waals surface area contributed by atoms with E-state index < -0.39 is 0 Å². The lowest BCUT2D eigenvalue weighted by molar-refractivity contribution is 0.305. The standard InChI is InChI=1S/C13H18N4O/c1-16-7-3-4-10(16)8-13-15-14-12-6-5-11(18-2)9-17(12)13/h5-6,9-10H,3-4,7-8H2,1-2H3. The van der Waals surface area contributed by atoms with E-state index >= 15 is 0 Å². The average molecular weight is 246 g/mol. The maximum absolute atomic E-state index is 5.25. The summed E-state index contributed by atoms with van der Waals surface area (Å²) >= 11 is 0. The minimum atomic E-state index is 0.587. The Morgan fingerprint density at radius 1 is 1.39 bits per heavy atom. The Morgan fingerprint density at radius 3 is 3.00 bits per heavy atom. The van der Waals surface area contributed by atoms with Gasteiger partial charge in [0.25, 0.3) is 0 Å². The molecule has 0 bridgehead atoms. The second-order valence-electron chi connectivity index (χ2n) is 4.89. The maximum atomic E-state index is 5.25. The van der Waals surface area contributed by atoms with Gasteiger partial charge in [0.15, 0.2) is 5.65 Å². The van der Waals surface area contributed by atoms with E-state index in [9.17, 15) is 0 Å². The SMILES string of the molecule is COc1ccc2nnc(CC3CCCN3C)n2c1. The van der Waals surface area contributed by atoms with Crippen LogP contribution in [0.25, 0.3) is 5.65 Å². The van der Waals surface area contributed by atoms with Gasteiger partial charge < -0.3 is 9.64 Å². The van der Waals surface area contributed by atoms with Gasteiger partial charge in [-0.3, -0.25) is 4.40 Å². The van der Waals surface area contributed by atoms with Crippen molar-refractivity contribution in [2.75, 3.05) is 20.7 Å². The van der Waals surface area contributed by atoms with E-state index in [0.29, 0.717) is 6.04 Å². The molecule has 0 N–H and O–H groups in total. The number of fused-ring (bicyclic) bond motifs is 1. The fourth-order valence-corrected chi connectivity index (χ4v) is 2.63. The van der Waals surface area contributed by atoms with Crippen LogP contribution < -0.4 is 4.74 Å². The maximum Gasteiger partial charge on any atom is 0.161 e. The first-order valence-electron chi connectivity index (χ1n) is 6.36. The van der Waals surface area contributed by atoms with Gasteiger partial charge in [0, 0.05) is 12.5 Å². The third-order valence-electron chi connectivity index (χ3n) is 3.77. The van der Waals surface area contributed by atoms with Crippen LogP contribution in [-0.2, 0) is 6.42 Å². The molecule has 2 aromatic rings. The minimum Gasteiger partial charge on any atom is -0.495 e. The van der Waals surface area contributed by atoms with Gasteiger partial charge in [0.2, 0.25) is 0 Å². The molecule has 5 heteroatoms. The molecule has 0 aromatic carbocycles. The summed E-state index contributed by atoms with van der Waals surface area (Å²) in [5, 5.41) is 8.50. The van der Waals surface area contributed by atoms with Crippen LogP contribution >= 0.6 is 0 Å². The number of hydrogen-bond donors (Lipinski definition) is 0. The molecular weight excluding hydrogens is 228 g/mol. The molecule has 3 heterocycles. The van der Waals surface area contributed by atoms with Crippen molar-refractivity contribution >= 4 is 5.65 Å². The van der Waals surface area contributed by atoms with Gasteiger partial charge in [0.1, 0.15) is 11.6 Å². The molecule has 5 nitrogen and oxygen atoms in total. The van der Waals surface area contributed by atoms with E-state index in [1.807, 2.05) is 22.7 Å². The number of methoxy groups -OCH3 is 1. The van der Waals surface area contributed by atoms with E-state index in [-0.39, 0.29) is 0 Å². The highest BCUT2D eigenvalue weighted by atomic mass is 16.5. The topological polar surface area (TPSA) is 42.7 Å². The van der Waals surface area contributed by atoms with E-state index in [2.05, 4.69) is 22.1 Å². The lowest BCUT2D eigenvalue weighted by Gasteiger charge is -2.18. The monoisotopic (exact) mass is 246 g/mol. The Morgan fingerprint density at radius 2 is 2.28 bits per heavy atom. The third-order valence-corrected chi connectivity index (χ3v) is 3.77. The highest BCUT2D eigenvalue weighted by Crippen LogP contribution is 2.20. The van der Waals surface area contributed by atoms with E-state index in [1.54, 1.807) is 7.11 Å². The van der Waals surface area contributed by atoms with Crippen LogP contribution in [0.3, 0.4) is 0 Å². The Bertz CT molecular complexity index is 551. The second kappa shape index (κ2) is 4.57. The number of aromatic nitrogens is 3. The number of rotatable bonds is 3. The molecule has 1 unspecified atom stereocenters. The zero-order valence-corrected chi connectivity index (χ0v) is 10.8. The van der Waals surface area contributed by atoms with Crippen molar-refractivity contribution < 1.29 is 4.74 Å². The molecule has 1 atom stereocenters. The van der Waals surface area contributed by atoms with Gasteiger partial charge in [-0.15, -0.1) is 10.2 Å². The number of likely N-dealkylation sites (N-methyl/N-ethyl adjacent to an activating group) is 1. The average Bonchev–Trinajstić information content (AvgIpc) is 2.97. The molecule has 0 radical (unpaired) electrons. The zero-order chi connectivity index (χ0) is 12.5. The summed E-state index contributed by atoms with van der Waals surface area (Å²) in [6, 6.07) is 4.44. The number of nitrogens with zero attached hydrogens (tertiary/aromatic N) is 4. The van der Waals surface area contributed by atoms with Crippen LogP contribution in [0.1, 0.15) is 18.7 Å². The number of hydrogen-bond acceptors (Lipinski definition) is 4. The normalized spacial score (nSPS) is 20.7. The smallest absolute Gasteiger partial charge is 0.161 e. The summed E-state index contributed by atoms with van der Waals surface area (Å²) < 4.78 is 7.28. The van der Waals surface area contributed by atoms with Gasteiger partial charge in [-0.25, -0.2) is 0 Å². The fourth-order valence-electron chi connectivity index (χ4n) is 2.63. The molecule has 18 heavy (non-hydrogen) atoms. The van der Waals surface area contributed by atoms with Crippen molar-refractivity contribution in [3.8, 4) is 5.75 Å². The highest BCUT2D eigenvalue weighted by Gasteiger charge is 2.23. The lowest BCUT2D eigenvalue weighted by atomic mass is 10.1. The van der Waals surface area contributed by atoms with E-state index in [4.69, 9.17) is 4.74 Å². The first-order chi connectivity index (χ1) is 8.78. The van der Waals surface area contributed by atoms with E-state index in [0.717, 1.165) is 23.6 Å². The van der Waals surface area contributed by atoms with Gasteiger partial charge in [-0.05, 0) is 38.6 Å². The van der Waals surface area contributed by atoms with Crippen LogP contribution in [0.4, 0.5) is 0 Å². The highest BCUT2D eigenvalue weighted by molar-refractivity contribution is 5.41. The van der Waals surface area contributed by atoms with Crippen molar-refractivity contribution in [2.45, 2.75) is 25.3 Å². The molecule has 2 aromatic heterocycles. The number of pyridine rings is 1. The number of likely N-dealkylation sites (tertiary alicyclic amines) is 1. The summed E-state index contributed by atoms with van der Waals surface area (Å²) in [7, 11) is 3.86. The Kier molecular flexibility index (Phi) is 2.91. The van der Waals surface area contributed by atoms with Crippen molar-refractivity contribution in [1.82, 2.24) is 19.5 Å². The fraction of sp³-hybridized carbons (Fsp3) is 0.538. The molecule has 3 rings (SSSR count). The molecule has 1 aliphatic heterocycles. The van der Waals surface area contributed by atoms with Crippen molar-refractivity contribution in [3.63, 3.8) is 0 Å². The van der Waals surface area contributed by atoms with Crippen LogP contribution in [-0.4, -0.2) is 46.2 Å². The molecule has 1 fully saturated rings. The van der Waals surface area contributed by atoms with Crippen LogP contribution in [0.15, 0.2) is 18.3 Å². The Labute approximate surface area is 106 Å². The first kappa shape index (κ1) is 11.5. The summed E-state index contributed by atoms with van der Waals surface area (Å²) in [5.41, 5.74) is 0.881. The second-order valence-corrected chi connectivity index (χ2v) is 4.89. The summed E-state index contributed by atoms with van der Waals surface area (Å²) in [4.78, 5) is 2.40. The molecule has 96 valence electrons. The Hall–Kier alpha value is -1.62. The molecule has 1 saturated heterocycles. The summed E-state index contributed by atoms with van der Waals surface area (Å²) in [5.74, 6) is 1.85. The van der Waals surface area contributed by atoms with Crippen molar-refractivity contribution in [2.24, 2.45) is 0 Å². The lowest BCUT2D eigenvalue weighted by Crippen LogP contribution is -2.27. The molecule has 0 saturated carbocycles. The molecule has 0 spiro atoms. The van der Waals surface area contributed by atoms with Gasteiger partial charge in [-0.2, -0.15) is 0 Å². The predicted octanol–water partition coefficient (Wildman–Crippen LogP) is 1.37. The number of ether oxygens (including phenoxy) is 1. The Balaban J connectivity index is 1.91. The molecule has 0 amide bonds. The third kappa shape index (κ3) is 1.95. The predicted molar refractivity (Wildman–Crippen MR) is 68.9 cm³/mol. The van der Waals surface area contributed by atoms with Crippen molar-refractivity contribution in [1.29, 1.82) is 0 Å². The first-order valence-corrected chi connectivity index (χ1v) is 6.36. The zero-order valence-electron chi connectivity index (χ0n) is 10.8. The van der Waals surface area contributed by atoms with Crippen LogP contribution in [0.2, 0.25) is 0 Å². The minimum absolute atomic E-state index is 0.587. The quantitative estimate of drug-likeness (QED) is 0.820. The molecule has 0 aliphatic carbocycles. The summed E-state index contributed by atoms with van der Waals surface area (Å²) in [6.07, 6.45) is 5.43. The largest absolute Gasteiger partial charge is 0.495 e. The van der Waals surface area contributed by atoms with Gasteiger partial charge in [-0.1, -0.05) is 0 Å². The van der Waals surface area contributed by atoms with Crippen molar-refractivity contribution in [3.05, 3.63) is 24.2 Å².